The number of pyridine rings is 1. The molecule has 0 spiro atoms. The number of aromatic nitrogens is 1. The minimum atomic E-state index is -3.45. The standard InChI is InChI=1S/C17H19FN2O2S/c1-11(23(19,21)22)6-14-8-17(14)13-4-2-12(3-5-13)15-7-16(18)10-20-9-15/h2-5,7,9-11,14,17H,6,8H2,1H3,(H2,19,21,22). The quantitative estimate of drug-likeness (QED) is 0.913. The van der Waals surface area contributed by atoms with Crippen LogP contribution in [0.2, 0.25) is 0 Å². The van der Waals surface area contributed by atoms with E-state index in [0.717, 1.165) is 17.5 Å². The molecule has 1 heterocycles. The van der Waals surface area contributed by atoms with E-state index in [1.54, 1.807) is 13.1 Å². The Morgan fingerprint density at radius 3 is 2.57 bits per heavy atom. The van der Waals surface area contributed by atoms with E-state index >= 15 is 0 Å². The lowest BCUT2D eigenvalue weighted by Crippen LogP contribution is -2.26. The third kappa shape index (κ3) is 3.76. The van der Waals surface area contributed by atoms with Crippen molar-refractivity contribution < 1.29 is 12.8 Å². The van der Waals surface area contributed by atoms with Crippen LogP contribution in [0.3, 0.4) is 0 Å². The summed E-state index contributed by atoms with van der Waals surface area (Å²) in [5.41, 5.74) is 2.84. The van der Waals surface area contributed by atoms with Crippen LogP contribution in [0.4, 0.5) is 4.39 Å². The van der Waals surface area contributed by atoms with Crippen molar-refractivity contribution in [2.45, 2.75) is 30.9 Å². The Bertz CT molecular complexity index is 806. The third-order valence-electron chi connectivity index (χ3n) is 4.50. The normalized spacial score (nSPS) is 21.9. The molecule has 3 rings (SSSR count). The maximum atomic E-state index is 13.2. The molecule has 4 nitrogen and oxygen atoms in total. The van der Waals surface area contributed by atoms with E-state index < -0.39 is 15.3 Å². The first kappa shape index (κ1) is 16.1. The van der Waals surface area contributed by atoms with Gasteiger partial charge in [0.15, 0.2) is 0 Å². The Labute approximate surface area is 135 Å². The highest BCUT2D eigenvalue weighted by Crippen LogP contribution is 2.50. The highest BCUT2D eigenvalue weighted by molar-refractivity contribution is 7.89. The molecule has 1 saturated carbocycles. The van der Waals surface area contributed by atoms with Crippen LogP contribution in [-0.4, -0.2) is 18.7 Å². The summed E-state index contributed by atoms with van der Waals surface area (Å²) in [6, 6.07) is 9.39. The summed E-state index contributed by atoms with van der Waals surface area (Å²) >= 11 is 0. The van der Waals surface area contributed by atoms with Gasteiger partial charge in [-0.25, -0.2) is 17.9 Å². The molecule has 3 unspecified atom stereocenters. The first-order valence-corrected chi connectivity index (χ1v) is 9.18. The second-order valence-electron chi connectivity index (χ2n) is 6.25. The smallest absolute Gasteiger partial charge is 0.211 e. The molecule has 2 aromatic rings. The van der Waals surface area contributed by atoms with E-state index in [0.29, 0.717) is 18.3 Å². The van der Waals surface area contributed by atoms with Gasteiger partial charge in [0, 0.05) is 11.8 Å². The number of rotatable bonds is 5. The lowest BCUT2D eigenvalue weighted by molar-refractivity contribution is 0.569. The van der Waals surface area contributed by atoms with Crippen molar-refractivity contribution >= 4 is 10.0 Å². The van der Waals surface area contributed by atoms with Gasteiger partial charge in [-0.15, -0.1) is 0 Å². The molecule has 0 bridgehead atoms. The van der Waals surface area contributed by atoms with Crippen LogP contribution in [0, 0.1) is 11.7 Å². The van der Waals surface area contributed by atoms with Gasteiger partial charge in [-0.3, -0.25) is 4.98 Å². The number of primary sulfonamides is 1. The number of sulfonamides is 1. The zero-order chi connectivity index (χ0) is 16.6. The van der Waals surface area contributed by atoms with Crippen molar-refractivity contribution in [3.63, 3.8) is 0 Å². The second kappa shape index (κ2) is 6.02. The van der Waals surface area contributed by atoms with Gasteiger partial charge in [0.25, 0.3) is 0 Å². The summed E-state index contributed by atoms with van der Waals surface area (Å²) in [7, 11) is -3.45. The molecule has 0 amide bonds. The fourth-order valence-electron chi connectivity index (χ4n) is 2.97. The van der Waals surface area contributed by atoms with Gasteiger partial charge < -0.3 is 0 Å². The Hall–Kier alpha value is -1.79. The van der Waals surface area contributed by atoms with Crippen LogP contribution >= 0.6 is 0 Å². The topological polar surface area (TPSA) is 73.0 Å². The lowest BCUT2D eigenvalue weighted by atomic mass is 10.0. The number of halogens is 1. The molecule has 23 heavy (non-hydrogen) atoms. The largest absolute Gasteiger partial charge is 0.261 e. The van der Waals surface area contributed by atoms with Crippen molar-refractivity contribution in [1.29, 1.82) is 0 Å². The summed E-state index contributed by atoms with van der Waals surface area (Å²) in [4.78, 5) is 3.85. The van der Waals surface area contributed by atoms with Gasteiger partial charge in [-0.2, -0.15) is 0 Å². The van der Waals surface area contributed by atoms with Crippen molar-refractivity contribution in [1.82, 2.24) is 4.98 Å². The van der Waals surface area contributed by atoms with Crippen LogP contribution in [0.5, 0.6) is 0 Å². The average Bonchev–Trinajstić information content (AvgIpc) is 3.26. The van der Waals surface area contributed by atoms with Gasteiger partial charge in [0.2, 0.25) is 10.0 Å². The molecule has 3 atom stereocenters. The van der Waals surface area contributed by atoms with Gasteiger partial charge in [-0.05, 0) is 48.8 Å². The van der Waals surface area contributed by atoms with Gasteiger partial charge >= 0.3 is 0 Å². The van der Waals surface area contributed by atoms with E-state index in [-0.39, 0.29) is 5.82 Å². The number of benzene rings is 1. The SMILES string of the molecule is CC(CC1CC1c1ccc(-c2cncc(F)c2)cc1)S(N)(=O)=O. The Kier molecular flexibility index (Phi) is 4.21. The molecule has 1 aromatic carbocycles. The molecular formula is C17H19FN2O2S. The molecule has 1 aliphatic rings. The number of hydrogen-bond acceptors (Lipinski definition) is 3. The highest BCUT2D eigenvalue weighted by Gasteiger charge is 2.40. The molecule has 0 radical (unpaired) electrons. The predicted octanol–water partition coefficient (Wildman–Crippen LogP) is 3.06. The van der Waals surface area contributed by atoms with E-state index in [1.807, 2.05) is 24.3 Å². The van der Waals surface area contributed by atoms with Crippen molar-refractivity contribution in [3.8, 4) is 11.1 Å². The van der Waals surface area contributed by atoms with Gasteiger partial charge in [0.05, 0.1) is 11.4 Å². The average molecular weight is 334 g/mol. The molecule has 1 fully saturated rings. The number of nitrogens with two attached hydrogens (primary N) is 1. The van der Waals surface area contributed by atoms with Crippen LogP contribution in [0.25, 0.3) is 11.1 Å². The van der Waals surface area contributed by atoms with Gasteiger partial charge in [0.1, 0.15) is 5.82 Å². The molecule has 122 valence electrons. The molecule has 2 N–H and O–H groups in total. The monoisotopic (exact) mass is 334 g/mol. The van der Waals surface area contributed by atoms with Crippen molar-refractivity contribution in [2.75, 3.05) is 0 Å². The fraction of sp³-hybridized carbons (Fsp3) is 0.353. The predicted molar refractivity (Wildman–Crippen MR) is 87.7 cm³/mol. The molecule has 0 saturated heterocycles. The summed E-state index contributed by atoms with van der Waals surface area (Å²) in [5, 5.41) is 4.67. The first-order valence-electron chi connectivity index (χ1n) is 7.57. The fourth-order valence-corrected chi connectivity index (χ4v) is 3.48. The Morgan fingerprint density at radius 1 is 1.26 bits per heavy atom. The van der Waals surface area contributed by atoms with E-state index in [1.165, 1.54) is 17.8 Å². The van der Waals surface area contributed by atoms with E-state index in [2.05, 4.69) is 4.98 Å². The van der Waals surface area contributed by atoms with E-state index in [4.69, 9.17) is 5.14 Å². The number of hydrogen-bond donors (Lipinski definition) is 1. The summed E-state index contributed by atoms with van der Waals surface area (Å²) in [5.74, 6) is 0.398. The molecule has 1 aliphatic carbocycles. The summed E-state index contributed by atoms with van der Waals surface area (Å²) < 4.78 is 35.8. The van der Waals surface area contributed by atoms with Crippen LogP contribution in [0.15, 0.2) is 42.7 Å². The zero-order valence-corrected chi connectivity index (χ0v) is 13.6. The highest BCUT2D eigenvalue weighted by atomic mass is 32.2. The van der Waals surface area contributed by atoms with Crippen molar-refractivity contribution in [3.05, 3.63) is 54.1 Å². The van der Waals surface area contributed by atoms with Crippen molar-refractivity contribution in [2.24, 2.45) is 11.1 Å². The first-order chi connectivity index (χ1) is 10.8. The van der Waals surface area contributed by atoms with E-state index in [9.17, 15) is 12.8 Å². The third-order valence-corrected chi connectivity index (χ3v) is 5.81. The minimum absolute atomic E-state index is 0.356. The maximum absolute atomic E-state index is 13.2. The Morgan fingerprint density at radius 2 is 1.96 bits per heavy atom. The number of nitrogens with zero attached hydrogens (tertiary/aromatic N) is 1. The van der Waals surface area contributed by atoms with Gasteiger partial charge in [-0.1, -0.05) is 24.3 Å². The minimum Gasteiger partial charge on any atom is -0.261 e. The summed E-state index contributed by atoms with van der Waals surface area (Å²) in [6.07, 6.45) is 4.39. The molecule has 1 aromatic heterocycles. The lowest BCUT2D eigenvalue weighted by Gasteiger charge is -2.08. The zero-order valence-electron chi connectivity index (χ0n) is 12.8. The maximum Gasteiger partial charge on any atom is 0.211 e. The second-order valence-corrected chi connectivity index (χ2v) is 8.23. The molecular weight excluding hydrogens is 315 g/mol. The molecule has 6 heteroatoms. The van der Waals surface area contributed by atoms with Crippen LogP contribution in [-0.2, 0) is 10.0 Å². The summed E-state index contributed by atoms with van der Waals surface area (Å²) in [6.45, 7) is 1.66. The van der Waals surface area contributed by atoms with Crippen LogP contribution in [0.1, 0.15) is 31.2 Å². The molecule has 0 aliphatic heterocycles. The Balaban J connectivity index is 1.68. The van der Waals surface area contributed by atoms with Crippen LogP contribution < -0.4 is 5.14 Å².